The highest BCUT2D eigenvalue weighted by Crippen LogP contribution is 2.28. The molecule has 6 heteroatoms. The molecule has 0 atom stereocenters. The molecule has 0 saturated carbocycles. The van der Waals surface area contributed by atoms with Crippen molar-refractivity contribution in [3.05, 3.63) is 53.6 Å². The summed E-state index contributed by atoms with van der Waals surface area (Å²) in [5.41, 5.74) is 2.19. The lowest BCUT2D eigenvalue weighted by Gasteiger charge is -2.22. The molecule has 0 spiro atoms. The number of nitrogens with one attached hydrogen (secondary N) is 1. The number of amides is 2. The maximum absolute atomic E-state index is 12.5. The van der Waals surface area contributed by atoms with Gasteiger partial charge in [0, 0.05) is 24.3 Å². The molecule has 2 rings (SSSR count). The summed E-state index contributed by atoms with van der Waals surface area (Å²) in [5.74, 6) is 1.27. The van der Waals surface area contributed by atoms with E-state index in [-0.39, 0.29) is 11.8 Å². The van der Waals surface area contributed by atoms with Crippen LogP contribution in [0.3, 0.4) is 0 Å². The Labute approximate surface area is 153 Å². The van der Waals surface area contributed by atoms with E-state index in [0.717, 1.165) is 5.56 Å². The fourth-order valence-corrected chi connectivity index (χ4v) is 2.52. The van der Waals surface area contributed by atoms with Crippen LogP contribution in [-0.2, 0) is 6.54 Å². The predicted molar refractivity (Wildman–Crippen MR) is 101 cm³/mol. The van der Waals surface area contributed by atoms with E-state index in [2.05, 4.69) is 5.32 Å². The maximum Gasteiger partial charge on any atom is 0.322 e. The molecule has 0 aliphatic rings. The van der Waals surface area contributed by atoms with Gasteiger partial charge >= 0.3 is 6.03 Å². The molecule has 0 aliphatic heterocycles. The van der Waals surface area contributed by atoms with Gasteiger partial charge in [0.25, 0.3) is 0 Å². The zero-order chi connectivity index (χ0) is 19.1. The Kier molecular flexibility index (Phi) is 6.60. The lowest BCUT2D eigenvalue weighted by molar-refractivity contribution is 0.101. The molecule has 6 nitrogen and oxygen atoms in total. The number of ether oxygens (including phenoxy) is 2. The smallest absolute Gasteiger partial charge is 0.322 e. The summed E-state index contributed by atoms with van der Waals surface area (Å²) >= 11 is 0. The molecule has 0 aliphatic carbocycles. The van der Waals surface area contributed by atoms with Crippen molar-refractivity contribution in [2.45, 2.75) is 20.4 Å². The summed E-state index contributed by atoms with van der Waals surface area (Å²) in [6.07, 6.45) is 0. The number of urea groups is 1. The summed E-state index contributed by atoms with van der Waals surface area (Å²) in [6.45, 7) is 4.41. The number of benzene rings is 2. The topological polar surface area (TPSA) is 67.9 Å². The number of carbonyl (C=O) groups excluding carboxylic acids is 2. The minimum absolute atomic E-state index is 0.00786. The molecule has 2 aromatic carbocycles. The second kappa shape index (κ2) is 8.89. The van der Waals surface area contributed by atoms with E-state index < -0.39 is 0 Å². The van der Waals surface area contributed by atoms with Gasteiger partial charge in [0.2, 0.25) is 0 Å². The molecule has 0 heterocycles. The highest BCUT2D eigenvalue weighted by Gasteiger charge is 2.14. The summed E-state index contributed by atoms with van der Waals surface area (Å²) in [6, 6.07) is 12.2. The Morgan fingerprint density at radius 3 is 2.19 bits per heavy atom. The Bertz CT molecular complexity index is 772. The number of rotatable bonds is 7. The van der Waals surface area contributed by atoms with Gasteiger partial charge in [0.05, 0.1) is 14.2 Å². The molecule has 138 valence electrons. The van der Waals surface area contributed by atoms with E-state index in [9.17, 15) is 9.59 Å². The van der Waals surface area contributed by atoms with E-state index in [1.807, 2.05) is 25.1 Å². The molecule has 0 aromatic heterocycles. The largest absolute Gasteiger partial charge is 0.493 e. The van der Waals surface area contributed by atoms with Crippen LogP contribution in [0.1, 0.15) is 29.8 Å². The molecule has 0 saturated heterocycles. The quantitative estimate of drug-likeness (QED) is 0.763. The van der Waals surface area contributed by atoms with Gasteiger partial charge in [-0.3, -0.25) is 4.79 Å². The monoisotopic (exact) mass is 356 g/mol. The molecule has 0 bridgehead atoms. The molecule has 0 fully saturated rings. The first-order valence-corrected chi connectivity index (χ1v) is 8.36. The van der Waals surface area contributed by atoms with Crippen molar-refractivity contribution in [1.29, 1.82) is 0 Å². The highest BCUT2D eigenvalue weighted by atomic mass is 16.5. The molecule has 0 radical (unpaired) electrons. The Morgan fingerprint density at radius 2 is 1.65 bits per heavy atom. The van der Waals surface area contributed by atoms with Crippen molar-refractivity contribution in [3.63, 3.8) is 0 Å². The van der Waals surface area contributed by atoms with Crippen molar-refractivity contribution in [1.82, 2.24) is 4.90 Å². The molecular formula is C20H24N2O4. The van der Waals surface area contributed by atoms with Crippen molar-refractivity contribution < 1.29 is 19.1 Å². The van der Waals surface area contributed by atoms with Gasteiger partial charge in [-0.15, -0.1) is 0 Å². The Morgan fingerprint density at radius 1 is 1.00 bits per heavy atom. The number of anilines is 1. The normalized spacial score (nSPS) is 10.2. The first-order chi connectivity index (χ1) is 12.5. The highest BCUT2D eigenvalue weighted by molar-refractivity contribution is 5.95. The van der Waals surface area contributed by atoms with Crippen molar-refractivity contribution in [3.8, 4) is 11.5 Å². The molecule has 2 aromatic rings. The predicted octanol–water partition coefficient (Wildman–Crippen LogP) is 3.96. The second-order valence-electron chi connectivity index (χ2n) is 5.77. The number of nitrogens with zero attached hydrogens (tertiary/aromatic N) is 1. The van der Waals surface area contributed by atoms with Crippen LogP contribution in [0.4, 0.5) is 10.5 Å². The van der Waals surface area contributed by atoms with Gasteiger partial charge in [0.15, 0.2) is 17.3 Å². The average molecular weight is 356 g/mol. The fourth-order valence-electron chi connectivity index (χ4n) is 2.52. The van der Waals surface area contributed by atoms with Crippen LogP contribution in [0.5, 0.6) is 11.5 Å². The van der Waals surface area contributed by atoms with Gasteiger partial charge in [-0.1, -0.05) is 6.07 Å². The zero-order valence-electron chi connectivity index (χ0n) is 15.5. The first-order valence-electron chi connectivity index (χ1n) is 8.36. The number of ketones is 1. The molecule has 2 amide bonds. The minimum atomic E-state index is -0.210. The van der Waals surface area contributed by atoms with Crippen LogP contribution < -0.4 is 14.8 Å². The number of carbonyl (C=O) groups is 2. The molecule has 0 unspecified atom stereocenters. The minimum Gasteiger partial charge on any atom is -0.493 e. The Balaban J connectivity index is 2.07. The van der Waals surface area contributed by atoms with Crippen LogP contribution >= 0.6 is 0 Å². The summed E-state index contributed by atoms with van der Waals surface area (Å²) in [7, 11) is 3.16. The SMILES string of the molecule is CCN(Cc1ccc(OC)c(OC)c1)C(=O)Nc1ccc(C(C)=O)cc1. The zero-order valence-corrected chi connectivity index (χ0v) is 15.5. The summed E-state index contributed by atoms with van der Waals surface area (Å²) < 4.78 is 10.5. The van der Waals surface area contributed by atoms with Crippen LogP contribution in [0, 0.1) is 0 Å². The average Bonchev–Trinajstić information content (AvgIpc) is 2.66. The van der Waals surface area contributed by atoms with Gasteiger partial charge in [0.1, 0.15) is 0 Å². The van der Waals surface area contributed by atoms with Crippen molar-refractivity contribution in [2.75, 3.05) is 26.1 Å². The van der Waals surface area contributed by atoms with Gasteiger partial charge < -0.3 is 19.7 Å². The lowest BCUT2D eigenvalue weighted by Crippen LogP contribution is -2.34. The van der Waals surface area contributed by atoms with E-state index in [4.69, 9.17) is 9.47 Å². The fraction of sp³-hybridized carbons (Fsp3) is 0.300. The maximum atomic E-state index is 12.5. The van der Waals surface area contributed by atoms with E-state index in [1.165, 1.54) is 6.92 Å². The van der Waals surface area contributed by atoms with Gasteiger partial charge in [-0.25, -0.2) is 4.79 Å². The number of hydrogen-bond acceptors (Lipinski definition) is 4. The van der Waals surface area contributed by atoms with Crippen LogP contribution in [-0.4, -0.2) is 37.5 Å². The van der Waals surface area contributed by atoms with Crippen LogP contribution in [0.2, 0.25) is 0 Å². The second-order valence-corrected chi connectivity index (χ2v) is 5.77. The van der Waals surface area contributed by atoms with Gasteiger partial charge in [-0.2, -0.15) is 0 Å². The molecule has 26 heavy (non-hydrogen) atoms. The van der Waals surface area contributed by atoms with Gasteiger partial charge in [-0.05, 0) is 55.8 Å². The lowest BCUT2D eigenvalue weighted by atomic mass is 10.1. The Hall–Kier alpha value is -3.02. The summed E-state index contributed by atoms with van der Waals surface area (Å²) in [5, 5.41) is 2.85. The van der Waals surface area contributed by atoms with Crippen molar-refractivity contribution in [2.24, 2.45) is 0 Å². The van der Waals surface area contributed by atoms with Crippen LogP contribution in [0.25, 0.3) is 0 Å². The third-order valence-electron chi connectivity index (χ3n) is 4.03. The third kappa shape index (κ3) is 4.75. The molecular weight excluding hydrogens is 332 g/mol. The van der Waals surface area contributed by atoms with E-state index in [1.54, 1.807) is 43.4 Å². The van der Waals surface area contributed by atoms with Crippen molar-refractivity contribution >= 4 is 17.5 Å². The standard InChI is InChI=1S/C20H24N2O4/c1-5-22(13-15-6-11-18(25-3)19(12-15)26-4)20(24)21-17-9-7-16(8-10-17)14(2)23/h6-12H,5,13H2,1-4H3,(H,21,24). The third-order valence-corrected chi connectivity index (χ3v) is 4.03. The first kappa shape index (κ1) is 19.3. The van der Waals surface area contributed by atoms with Crippen LogP contribution in [0.15, 0.2) is 42.5 Å². The number of hydrogen-bond donors (Lipinski definition) is 1. The van der Waals surface area contributed by atoms with E-state index in [0.29, 0.717) is 35.8 Å². The molecule has 1 N–H and O–H groups in total. The number of methoxy groups -OCH3 is 2. The number of Topliss-reactive ketones (excluding diaryl/α,β-unsaturated/α-hetero) is 1. The summed E-state index contributed by atoms with van der Waals surface area (Å²) in [4.78, 5) is 25.5. The van der Waals surface area contributed by atoms with E-state index >= 15 is 0 Å².